The Bertz CT molecular complexity index is 482. The molecule has 0 bridgehead atoms. The molecule has 0 aliphatic rings. The lowest BCUT2D eigenvalue weighted by Crippen LogP contribution is -2.06. The van der Waals surface area contributed by atoms with Crippen LogP contribution in [-0.2, 0) is 15.2 Å². The van der Waals surface area contributed by atoms with Gasteiger partial charge in [0.2, 0.25) is 9.05 Å². The Kier molecular flexibility index (Phi) is 4.86. The van der Waals surface area contributed by atoms with Crippen LogP contribution in [0.1, 0.15) is 12.0 Å². The van der Waals surface area contributed by atoms with Crippen molar-refractivity contribution in [1.29, 1.82) is 0 Å². The maximum Gasteiger partial charge on any atom is 0.416 e. The van der Waals surface area contributed by atoms with E-state index in [1.54, 1.807) is 0 Å². The normalized spacial score (nSPS) is 12.4. The van der Waals surface area contributed by atoms with Crippen molar-refractivity contribution >= 4 is 19.7 Å². The molecular weight excluding hydrogens is 293 g/mol. The molecule has 8 heteroatoms. The fourth-order valence-electron chi connectivity index (χ4n) is 1.16. The maximum atomic E-state index is 12.2. The van der Waals surface area contributed by atoms with Gasteiger partial charge in [-0.25, -0.2) is 8.42 Å². The summed E-state index contributed by atoms with van der Waals surface area (Å²) in [6.45, 7) is 0.0668. The van der Waals surface area contributed by atoms with Gasteiger partial charge in [0.05, 0.1) is 17.9 Å². The minimum atomic E-state index is -4.38. The van der Waals surface area contributed by atoms with Gasteiger partial charge in [-0.3, -0.25) is 0 Å². The summed E-state index contributed by atoms with van der Waals surface area (Å²) in [5.74, 6) is 0.00446. The molecule has 0 aliphatic carbocycles. The lowest BCUT2D eigenvalue weighted by Gasteiger charge is -2.08. The van der Waals surface area contributed by atoms with Gasteiger partial charge in [0.15, 0.2) is 0 Å². The highest BCUT2D eigenvalue weighted by Gasteiger charge is 2.29. The Morgan fingerprint density at radius 2 is 1.72 bits per heavy atom. The van der Waals surface area contributed by atoms with Crippen molar-refractivity contribution in [3.05, 3.63) is 29.8 Å². The van der Waals surface area contributed by atoms with E-state index in [9.17, 15) is 21.6 Å². The SMILES string of the molecule is O=S(=O)(Cl)CCCOc1ccc(C(F)(F)F)cc1. The van der Waals surface area contributed by atoms with E-state index in [0.717, 1.165) is 12.1 Å². The second kappa shape index (κ2) is 5.79. The van der Waals surface area contributed by atoms with Crippen LogP contribution in [0.2, 0.25) is 0 Å². The lowest BCUT2D eigenvalue weighted by molar-refractivity contribution is -0.137. The maximum absolute atomic E-state index is 12.2. The van der Waals surface area contributed by atoms with Gasteiger partial charge in [-0.1, -0.05) is 0 Å². The summed E-state index contributed by atoms with van der Waals surface area (Å²) in [7, 11) is 1.42. The molecule has 0 saturated heterocycles. The molecule has 102 valence electrons. The van der Waals surface area contributed by atoms with E-state index < -0.39 is 20.8 Å². The summed E-state index contributed by atoms with van der Waals surface area (Å²) in [6.07, 6.45) is -4.21. The van der Waals surface area contributed by atoms with Crippen molar-refractivity contribution in [3.8, 4) is 5.75 Å². The van der Waals surface area contributed by atoms with Crippen LogP contribution in [0.3, 0.4) is 0 Å². The molecule has 1 rings (SSSR count). The molecule has 0 heterocycles. The Morgan fingerprint density at radius 1 is 1.17 bits per heavy atom. The second-order valence-electron chi connectivity index (χ2n) is 3.47. The number of rotatable bonds is 5. The first kappa shape index (κ1) is 15.1. The molecule has 0 spiro atoms. The van der Waals surface area contributed by atoms with Crippen molar-refractivity contribution in [2.75, 3.05) is 12.4 Å². The molecule has 0 amide bonds. The van der Waals surface area contributed by atoms with Gasteiger partial charge in [-0.15, -0.1) is 0 Å². The molecule has 0 atom stereocenters. The van der Waals surface area contributed by atoms with Crippen LogP contribution in [0.25, 0.3) is 0 Å². The molecule has 0 aromatic heterocycles. The van der Waals surface area contributed by atoms with E-state index in [2.05, 4.69) is 0 Å². The van der Waals surface area contributed by atoms with E-state index in [1.807, 2.05) is 0 Å². The first-order valence-corrected chi connectivity index (χ1v) is 7.39. The summed E-state index contributed by atoms with van der Waals surface area (Å²) >= 11 is 0. The third-order valence-corrected chi connectivity index (χ3v) is 3.22. The van der Waals surface area contributed by atoms with Gasteiger partial charge in [-0.05, 0) is 30.7 Å². The molecule has 0 saturated carbocycles. The topological polar surface area (TPSA) is 43.4 Å². The van der Waals surface area contributed by atoms with Crippen LogP contribution >= 0.6 is 10.7 Å². The zero-order chi connectivity index (χ0) is 13.8. The standard InChI is InChI=1S/C10H10ClF3O3S/c11-18(15,16)7-1-6-17-9-4-2-8(3-5-9)10(12,13)14/h2-5H,1,6-7H2. The number of hydrogen-bond acceptors (Lipinski definition) is 3. The fraction of sp³-hybridized carbons (Fsp3) is 0.400. The van der Waals surface area contributed by atoms with Crippen molar-refractivity contribution in [2.24, 2.45) is 0 Å². The first-order valence-electron chi connectivity index (χ1n) is 4.91. The van der Waals surface area contributed by atoms with Crippen molar-refractivity contribution in [3.63, 3.8) is 0 Å². The molecule has 3 nitrogen and oxygen atoms in total. The van der Waals surface area contributed by atoms with Crippen LogP contribution < -0.4 is 4.74 Å². The van der Waals surface area contributed by atoms with Crippen LogP contribution in [0.5, 0.6) is 5.75 Å². The highest BCUT2D eigenvalue weighted by atomic mass is 35.7. The van der Waals surface area contributed by atoms with Gasteiger partial charge in [0, 0.05) is 10.7 Å². The molecule has 0 radical (unpaired) electrons. The molecular formula is C10H10ClF3O3S. The predicted octanol–water partition coefficient (Wildman–Crippen LogP) is 3.04. The average Bonchev–Trinajstić information content (AvgIpc) is 2.22. The largest absolute Gasteiger partial charge is 0.494 e. The van der Waals surface area contributed by atoms with E-state index in [-0.39, 0.29) is 24.5 Å². The minimum Gasteiger partial charge on any atom is -0.494 e. The lowest BCUT2D eigenvalue weighted by atomic mass is 10.2. The molecule has 0 aliphatic heterocycles. The number of alkyl halides is 3. The predicted molar refractivity (Wildman–Crippen MR) is 61.2 cm³/mol. The van der Waals surface area contributed by atoms with Crippen LogP contribution in [0.15, 0.2) is 24.3 Å². The molecule has 18 heavy (non-hydrogen) atoms. The smallest absolute Gasteiger partial charge is 0.416 e. The van der Waals surface area contributed by atoms with E-state index >= 15 is 0 Å². The Morgan fingerprint density at radius 3 is 2.17 bits per heavy atom. The first-order chi connectivity index (χ1) is 8.18. The van der Waals surface area contributed by atoms with Gasteiger partial charge in [0.25, 0.3) is 0 Å². The summed E-state index contributed by atoms with van der Waals surface area (Å²) in [4.78, 5) is 0. The van der Waals surface area contributed by atoms with E-state index in [4.69, 9.17) is 15.4 Å². The van der Waals surface area contributed by atoms with Gasteiger partial charge >= 0.3 is 6.18 Å². The monoisotopic (exact) mass is 302 g/mol. The Hall–Kier alpha value is -0.950. The van der Waals surface area contributed by atoms with Crippen LogP contribution in [0.4, 0.5) is 13.2 Å². The highest BCUT2D eigenvalue weighted by molar-refractivity contribution is 8.13. The van der Waals surface area contributed by atoms with Gasteiger partial charge < -0.3 is 4.74 Å². The van der Waals surface area contributed by atoms with E-state index in [0.29, 0.717) is 0 Å². The zero-order valence-electron chi connectivity index (χ0n) is 9.08. The number of ether oxygens (including phenoxy) is 1. The quantitative estimate of drug-likeness (QED) is 0.620. The second-order valence-corrected chi connectivity index (χ2v) is 6.36. The number of halogens is 4. The fourth-order valence-corrected chi connectivity index (χ4v) is 1.95. The third kappa shape index (κ3) is 5.59. The Balaban J connectivity index is 2.45. The molecule has 1 aromatic carbocycles. The van der Waals surface area contributed by atoms with Crippen LogP contribution in [0, 0.1) is 0 Å². The van der Waals surface area contributed by atoms with E-state index in [1.165, 1.54) is 12.1 Å². The molecule has 0 fully saturated rings. The summed E-state index contributed by atoms with van der Waals surface area (Å²) in [5, 5.41) is 0. The third-order valence-electron chi connectivity index (χ3n) is 1.98. The van der Waals surface area contributed by atoms with Crippen molar-refractivity contribution < 1.29 is 26.3 Å². The van der Waals surface area contributed by atoms with Crippen molar-refractivity contribution in [2.45, 2.75) is 12.6 Å². The highest BCUT2D eigenvalue weighted by Crippen LogP contribution is 2.30. The minimum absolute atomic E-state index is 0.0668. The summed E-state index contributed by atoms with van der Waals surface area (Å²) in [6, 6.07) is 4.15. The van der Waals surface area contributed by atoms with Gasteiger partial charge in [0.1, 0.15) is 5.75 Å². The zero-order valence-corrected chi connectivity index (χ0v) is 10.6. The summed E-state index contributed by atoms with van der Waals surface area (Å²) < 4.78 is 62.9. The summed E-state index contributed by atoms with van der Waals surface area (Å²) in [5.41, 5.74) is -0.766. The molecule has 0 N–H and O–H groups in total. The molecule has 1 aromatic rings. The number of hydrogen-bond donors (Lipinski definition) is 0. The Labute approximate surface area is 107 Å². The van der Waals surface area contributed by atoms with Crippen LogP contribution in [-0.4, -0.2) is 20.8 Å². The molecule has 0 unspecified atom stereocenters. The van der Waals surface area contributed by atoms with Crippen molar-refractivity contribution in [1.82, 2.24) is 0 Å². The average molecular weight is 303 g/mol. The van der Waals surface area contributed by atoms with Gasteiger partial charge in [-0.2, -0.15) is 13.2 Å². The number of benzene rings is 1.